The molecule has 1 aromatic heterocycles. The van der Waals surface area contributed by atoms with Gasteiger partial charge >= 0.3 is 0 Å². The summed E-state index contributed by atoms with van der Waals surface area (Å²) in [5.41, 5.74) is 8.37. The molecule has 1 unspecified atom stereocenters. The molecule has 5 N–H and O–H groups in total. The highest BCUT2D eigenvalue weighted by atomic mass is 32.2. The number of hydrogen-bond acceptors (Lipinski definition) is 9. The minimum atomic E-state index is -3.48. The van der Waals surface area contributed by atoms with Crippen LogP contribution in [0.5, 0.6) is 5.75 Å². The van der Waals surface area contributed by atoms with Crippen LogP contribution in [-0.2, 0) is 14.8 Å². The van der Waals surface area contributed by atoms with E-state index in [9.17, 15) is 13.2 Å². The van der Waals surface area contributed by atoms with Crippen LogP contribution in [0.4, 0.5) is 5.69 Å². The molecule has 0 spiro atoms. The third kappa shape index (κ3) is 4.35. The molecule has 37 heavy (non-hydrogen) atoms. The van der Waals surface area contributed by atoms with E-state index in [-0.39, 0.29) is 17.7 Å². The van der Waals surface area contributed by atoms with Crippen molar-refractivity contribution in [1.82, 2.24) is 24.4 Å². The fraction of sp³-hybridized carbons (Fsp3) is 0.560. The van der Waals surface area contributed by atoms with Gasteiger partial charge in [0.2, 0.25) is 15.9 Å². The summed E-state index contributed by atoms with van der Waals surface area (Å²) in [6.07, 6.45) is 7.03. The van der Waals surface area contributed by atoms with Crippen LogP contribution in [0.3, 0.4) is 0 Å². The number of amides is 1. The molecule has 12 heteroatoms. The van der Waals surface area contributed by atoms with Gasteiger partial charge in [-0.2, -0.15) is 0 Å². The number of carbonyl (C=O) groups is 1. The summed E-state index contributed by atoms with van der Waals surface area (Å²) < 4.78 is 31.9. The maximum atomic E-state index is 13.4. The van der Waals surface area contributed by atoms with E-state index in [1.54, 1.807) is 25.1 Å². The number of methoxy groups -OCH3 is 1. The van der Waals surface area contributed by atoms with Crippen molar-refractivity contribution in [2.45, 2.75) is 63.9 Å². The third-order valence-corrected chi connectivity index (χ3v) is 9.39. The lowest BCUT2D eigenvalue weighted by atomic mass is 10.0. The standard InChI is InChI=1S/C25H37N7O4S/c1-5-17-15-30(3)22-23(32(17)18-9-7-8-10-18)28-25(26,29-24(22)33)27-19-13-16-11-12-31(37(34,35)6-2)20(16)14-21(19)36-4/h11-14,17-18,27-28H,5-10,15,26H2,1-4H3,(H,29,33)/t17?,25-/m1/s1. The number of nitrogens with zero attached hydrogens (tertiary/aromatic N) is 3. The monoisotopic (exact) mass is 531 g/mol. The summed E-state index contributed by atoms with van der Waals surface area (Å²) in [6.45, 7) is 4.55. The molecule has 0 bridgehead atoms. The summed E-state index contributed by atoms with van der Waals surface area (Å²) in [7, 11) is -0.0292. The number of fused-ring (bicyclic) bond motifs is 1. The Bertz CT molecular complexity index is 1350. The summed E-state index contributed by atoms with van der Waals surface area (Å²) in [5, 5.41) is 10.2. The Morgan fingerprint density at radius 2 is 1.95 bits per heavy atom. The van der Waals surface area contributed by atoms with Crippen LogP contribution >= 0.6 is 0 Å². The number of aromatic nitrogens is 1. The first kappa shape index (κ1) is 25.5. The largest absolute Gasteiger partial charge is 0.495 e. The van der Waals surface area contributed by atoms with Gasteiger partial charge in [-0.25, -0.2) is 12.4 Å². The number of likely N-dealkylation sites (N-methyl/N-ethyl adjacent to an activating group) is 1. The summed E-state index contributed by atoms with van der Waals surface area (Å²) >= 11 is 0. The lowest BCUT2D eigenvalue weighted by Crippen LogP contribution is -2.76. The molecule has 1 aliphatic carbocycles. The summed E-state index contributed by atoms with van der Waals surface area (Å²) in [4.78, 5) is 17.8. The van der Waals surface area contributed by atoms with Crippen molar-refractivity contribution in [2.24, 2.45) is 5.73 Å². The van der Waals surface area contributed by atoms with Gasteiger partial charge < -0.3 is 25.2 Å². The van der Waals surface area contributed by atoms with Gasteiger partial charge in [-0.1, -0.05) is 19.8 Å². The second kappa shape index (κ2) is 9.32. The number of benzene rings is 1. The van der Waals surface area contributed by atoms with E-state index < -0.39 is 15.9 Å². The van der Waals surface area contributed by atoms with E-state index in [1.807, 2.05) is 11.9 Å². The lowest BCUT2D eigenvalue weighted by molar-refractivity contribution is -0.123. The quantitative estimate of drug-likeness (QED) is 0.394. The average Bonchev–Trinajstić information content (AvgIpc) is 3.52. The molecule has 1 fully saturated rings. The normalized spacial score (nSPS) is 24.8. The number of rotatable bonds is 7. The molecular formula is C25H37N7O4S. The van der Waals surface area contributed by atoms with Crippen LogP contribution in [0.2, 0.25) is 0 Å². The predicted molar refractivity (Wildman–Crippen MR) is 143 cm³/mol. The van der Waals surface area contributed by atoms with Crippen LogP contribution in [-0.4, -0.2) is 72.5 Å². The predicted octanol–water partition coefficient (Wildman–Crippen LogP) is 1.69. The fourth-order valence-electron chi connectivity index (χ4n) is 5.89. The fourth-order valence-corrected chi connectivity index (χ4v) is 6.87. The Morgan fingerprint density at radius 1 is 1.22 bits per heavy atom. The number of hydrogen-bond donors (Lipinski definition) is 4. The van der Waals surface area contributed by atoms with Crippen molar-refractivity contribution in [3.05, 3.63) is 35.9 Å². The SMILES string of the molecule is CCC1CN(C)C2=C(N[C@@](N)(Nc3cc4ccn(S(=O)(=O)CC)c4cc3OC)NC2=O)N1C1CCCC1. The molecule has 3 heterocycles. The van der Waals surface area contributed by atoms with Gasteiger partial charge in [0.25, 0.3) is 5.91 Å². The van der Waals surface area contributed by atoms with Gasteiger partial charge in [0.05, 0.1) is 24.1 Å². The highest BCUT2D eigenvalue weighted by Crippen LogP contribution is 2.36. The average molecular weight is 532 g/mol. The summed E-state index contributed by atoms with van der Waals surface area (Å²) in [6, 6.07) is 5.79. The molecular weight excluding hydrogens is 494 g/mol. The Hall–Kier alpha value is -3.12. The van der Waals surface area contributed by atoms with E-state index in [4.69, 9.17) is 10.5 Å². The van der Waals surface area contributed by atoms with Gasteiger partial charge in [-0.3, -0.25) is 15.8 Å². The van der Waals surface area contributed by atoms with Crippen molar-refractivity contribution >= 4 is 32.5 Å². The minimum Gasteiger partial charge on any atom is -0.495 e. The molecule has 1 amide bonds. The molecule has 2 aliphatic heterocycles. The second-order valence-electron chi connectivity index (χ2n) is 10.1. The van der Waals surface area contributed by atoms with Crippen molar-refractivity contribution in [1.29, 1.82) is 0 Å². The molecule has 1 aromatic carbocycles. The molecule has 202 valence electrons. The first-order chi connectivity index (χ1) is 17.6. The maximum absolute atomic E-state index is 13.4. The number of nitrogens with one attached hydrogen (secondary N) is 3. The first-order valence-electron chi connectivity index (χ1n) is 12.9. The van der Waals surface area contributed by atoms with Gasteiger partial charge in [-0.15, -0.1) is 0 Å². The van der Waals surface area contributed by atoms with Gasteiger partial charge in [-0.05, 0) is 38.3 Å². The van der Waals surface area contributed by atoms with Crippen LogP contribution in [0, 0.1) is 0 Å². The third-order valence-electron chi connectivity index (χ3n) is 7.74. The molecule has 2 atom stereocenters. The molecule has 5 rings (SSSR count). The van der Waals surface area contributed by atoms with Crippen molar-refractivity contribution in [3.63, 3.8) is 0 Å². The molecule has 1 saturated carbocycles. The zero-order valence-corrected chi connectivity index (χ0v) is 22.7. The second-order valence-corrected chi connectivity index (χ2v) is 12.3. The summed E-state index contributed by atoms with van der Waals surface area (Å²) in [5.74, 6) is -0.638. The first-order valence-corrected chi connectivity index (χ1v) is 14.6. The molecule has 0 saturated heterocycles. The zero-order valence-electron chi connectivity index (χ0n) is 21.9. The molecule has 11 nitrogen and oxygen atoms in total. The van der Waals surface area contributed by atoms with E-state index in [0.717, 1.165) is 31.6 Å². The number of anilines is 1. The van der Waals surface area contributed by atoms with E-state index in [2.05, 4.69) is 27.8 Å². The number of nitrogens with two attached hydrogens (primary N) is 1. The van der Waals surface area contributed by atoms with E-state index in [0.29, 0.717) is 34.1 Å². The van der Waals surface area contributed by atoms with Crippen molar-refractivity contribution in [3.8, 4) is 5.75 Å². The number of carbonyl (C=O) groups excluding carboxylic acids is 1. The Balaban J connectivity index is 1.52. The molecule has 3 aliphatic rings. The highest BCUT2D eigenvalue weighted by Gasteiger charge is 2.46. The van der Waals surface area contributed by atoms with Gasteiger partial charge in [0.15, 0.2) is 0 Å². The van der Waals surface area contributed by atoms with E-state index in [1.165, 1.54) is 30.1 Å². The zero-order chi connectivity index (χ0) is 26.5. The van der Waals surface area contributed by atoms with Gasteiger partial charge in [0.1, 0.15) is 17.3 Å². The van der Waals surface area contributed by atoms with Crippen molar-refractivity contribution < 1.29 is 17.9 Å². The highest BCUT2D eigenvalue weighted by molar-refractivity contribution is 7.90. The van der Waals surface area contributed by atoms with Crippen LogP contribution < -0.4 is 26.4 Å². The van der Waals surface area contributed by atoms with Crippen LogP contribution in [0.15, 0.2) is 35.9 Å². The van der Waals surface area contributed by atoms with Crippen molar-refractivity contribution in [2.75, 3.05) is 31.8 Å². The Labute approximate surface area is 218 Å². The minimum absolute atomic E-state index is 0.0247. The Kier molecular flexibility index (Phi) is 6.43. The molecule has 0 radical (unpaired) electrons. The maximum Gasteiger partial charge on any atom is 0.275 e. The lowest BCUT2D eigenvalue weighted by Gasteiger charge is -2.52. The molecule has 2 aromatic rings. The van der Waals surface area contributed by atoms with Crippen LogP contribution in [0.25, 0.3) is 10.9 Å². The topological polar surface area (TPSA) is 134 Å². The number of ether oxygens (including phenoxy) is 1. The smallest absolute Gasteiger partial charge is 0.275 e. The van der Waals surface area contributed by atoms with Crippen LogP contribution in [0.1, 0.15) is 46.0 Å². The Morgan fingerprint density at radius 3 is 2.59 bits per heavy atom. The van der Waals surface area contributed by atoms with Gasteiger partial charge in [0, 0.05) is 43.3 Å². The van der Waals surface area contributed by atoms with E-state index >= 15 is 0 Å².